The van der Waals surface area contributed by atoms with Crippen LogP contribution < -0.4 is 5.32 Å². The second kappa shape index (κ2) is 5.21. The Morgan fingerprint density at radius 2 is 2.24 bits per heavy atom. The van der Waals surface area contributed by atoms with Crippen molar-refractivity contribution in [3.8, 4) is 11.3 Å². The van der Waals surface area contributed by atoms with Gasteiger partial charge in [-0.05, 0) is 19.2 Å². The van der Waals surface area contributed by atoms with Crippen LogP contribution in [0.5, 0.6) is 0 Å². The van der Waals surface area contributed by atoms with E-state index in [1.807, 2.05) is 42.9 Å². The summed E-state index contributed by atoms with van der Waals surface area (Å²) in [5, 5.41) is 3.74. The minimum atomic E-state index is 0.661. The molecule has 5 heteroatoms. The van der Waals surface area contributed by atoms with Crippen LogP contribution in [0.15, 0.2) is 28.7 Å². The summed E-state index contributed by atoms with van der Waals surface area (Å²) in [6, 6.07) is 7.97. The third-order valence-corrected chi connectivity index (χ3v) is 3.48. The smallest absolute Gasteiger partial charge is 0.136 e. The maximum absolute atomic E-state index is 6.29. The fourth-order valence-electron chi connectivity index (χ4n) is 1.66. The maximum atomic E-state index is 6.29. The van der Waals surface area contributed by atoms with Gasteiger partial charge >= 0.3 is 0 Å². The molecule has 0 unspecified atom stereocenters. The molecule has 1 aromatic carbocycles. The van der Waals surface area contributed by atoms with Gasteiger partial charge in [-0.25, -0.2) is 4.98 Å². The van der Waals surface area contributed by atoms with Gasteiger partial charge in [-0.15, -0.1) is 0 Å². The van der Waals surface area contributed by atoms with E-state index in [1.54, 1.807) is 0 Å². The quantitative estimate of drug-likeness (QED) is 0.942. The van der Waals surface area contributed by atoms with Crippen LogP contribution in [0.25, 0.3) is 11.3 Å². The Labute approximate surface area is 114 Å². The van der Waals surface area contributed by atoms with Crippen molar-refractivity contribution in [1.29, 1.82) is 0 Å². The highest BCUT2D eigenvalue weighted by Crippen LogP contribution is 2.29. The summed E-state index contributed by atoms with van der Waals surface area (Å²) >= 11 is 9.74. The number of nitrogens with one attached hydrogen (secondary N) is 1. The highest BCUT2D eigenvalue weighted by Gasteiger charge is 2.13. The molecule has 0 fully saturated rings. The molecule has 0 saturated heterocycles. The van der Waals surface area contributed by atoms with Crippen LogP contribution in [0.1, 0.15) is 5.82 Å². The van der Waals surface area contributed by atoms with Crippen LogP contribution in [-0.2, 0) is 13.6 Å². The largest absolute Gasteiger partial charge is 0.321 e. The van der Waals surface area contributed by atoms with Gasteiger partial charge in [-0.2, -0.15) is 0 Å². The van der Waals surface area contributed by atoms with Crippen molar-refractivity contribution in [2.45, 2.75) is 6.54 Å². The fourth-order valence-corrected chi connectivity index (χ4v) is 2.31. The fraction of sp³-hybridized carbons (Fsp3) is 0.250. The summed E-state index contributed by atoms with van der Waals surface area (Å²) in [6.07, 6.45) is 0. The minimum absolute atomic E-state index is 0.661. The van der Waals surface area contributed by atoms with E-state index in [2.05, 4.69) is 26.2 Å². The summed E-state index contributed by atoms with van der Waals surface area (Å²) in [5.74, 6) is 0.924. The van der Waals surface area contributed by atoms with E-state index in [0.29, 0.717) is 11.7 Å². The molecule has 17 heavy (non-hydrogen) atoms. The summed E-state index contributed by atoms with van der Waals surface area (Å²) in [6.45, 7) is 0.699. The topological polar surface area (TPSA) is 29.9 Å². The Morgan fingerprint density at radius 1 is 1.47 bits per heavy atom. The number of hydrogen-bond donors (Lipinski definition) is 1. The molecular formula is C12H13BrClN3. The summed E-state index contributed by atoms with van der Waals surface area (Å²) in [7, 11) is 3.81. The van der Waals surface area contributed by atoms with Crippen molar-refractivity contribution in [3.63, 3.8) is 0 Å². The molecule has 0 atom stereocenters. The SMILES string of the molecule is CNCc1nc(-c2cccc(Br)c2)c(Cl)n1C. The molecule has 3 nitrogen and oxygen atoms in total. The van der Waals surface area contributed by atoms with Gasteiger partial charge in [0.1, 0.15) is 16.7 Å². The third kappa shape index (κ3) is 2.54. The first-order valence-corrected chi connectivity index (χ1v) is 6.42. The zero-order valence-corrected chi connectivity index (χ0v) is 12.0. The number of imidazole rings is 1. The number of halogens is 2. The average Bonchev–Trinajstić information content (AvgIpc) is 2.58. The minimum Gasteiger partial charge on any atom is -0.321 e. The molecular weight excluding hydrogens is 302 g/mol. The van der Waals surface area contributed by atoms with Crippen LogP contribution in [0.3, 0.4) is 0 Å². The lowest BCUT2D eigenvalue weighted by Crippen LogP contribution is -2.10. The van der Waals surface area contributed by atoms with Crippen molar-refractivity contribution in [2.75, 3.05) is 7.05 Å². The lowest BCUT2D eigenvalue weighted by Gasteiger charge is -2.00. The predicted molar refractivity (Wildman–Crippen MR) is 74.1 cm³/mol. The Morgan fingerprint density at radius 3 is 2.88 bits per heavy atom. The zero-order chi connectivity index (χ0) is 12.4. The van der Waals surface area contributed by atoms with Crippen LogP contribution in [0.4, 0.5) is 0 Å². The second-order valence-electron chi connectivity index (χ2n) is 3.77. The number of hydrogen-bond acceptors (Lipinski definition) is 2. The lowest BCUT2D eigenvalue weighted by atomic mass is 10.2. The molecule has 0 bridgehead atoms. The van der Waals surface area contributed by atoms with Crippen LogP contribution >= 0.6 is 27.5 Å². The van der Waals surface area contributed by atoms with E-state index >= 15 is 0 Å². The standard InChI is InChI=1S/C12H13BrClN3/c1-15-7-10-16-11(12(14)17(10)2)8-4-3-5-9(13)6-8/h3-6,15H,7H2,1-2H3. The summed E-state index contributed by atoms with van der Waals surface area (Å²) < 4.78 is 2.92. The highest BCUT2D eigenvalue weighted by atomic mass is 79.9. The predicted octanol–water partition coefficient (Wildman–Crippen LogP) is 3.22. The van der Waals surface area contributed by atoms with Crippen LogP contribution in [0, 0.1) is 0 Å². The molecule has 0 aliphatic carbocycles. The Hall–Kier alpha value is -0.840. The second-order valence-corrected chi connectivity index (χ2v) is 5.04. The highest BCUT2D eigenvalue weighted by molar-refractivity contribution is 9.10. The number of rotatable bonds is 3. The van der Waals surface area contributed by atoms with Crippen molar-refractivity contribution in [1.82, 2.24) is 14.9 Å². The first-order chi connectivity index (χ1) is 8.13. The molecule has 1 heterocycles. The Kier molecular flexibility index (Phi) is 3.86. The third-order valence-electron chi connectivity index (χ3n) is 2.55. The summed E-state index contributed by atoms with van der Waals surface area (Å²) in [4.78, 5) is 4.56. The van der Waals surface area contributed by atoms with E-state index in [4.69, 9.17) is 11.6 Å². The molecule has 0 spiro atoms. The molecule has 0 amide bonds. The monoisotopic (exact) mass is 313 g/mol. The molecule has 1 N–H and O–H groups in total. The van der Waals surface area contributed by atoms with Crippen molar-refractivity contribution >= 4 is 27.5 Å². The van der Waals surface area contributed by atoms with Gasteiger partial charge in [-0.1, -0.05) is 39.7 Å². The Balaban J connectivity index is 2.49. The Bertz CT molecular complexity index is 537. The molecule has 2 rings (SSSR count). The lowest BCUT2D eigenvalue weighted by molar-refractivity contribution is 0.710. The van der Waals surface area contributed by atoms with Crippen LogP contribution in [-0.4, -0.2) is 16.6 Å². The molecule has 0 aliphatic heterocycles. The first-order valence-electron chi connectivity index (χ1n) is 5.25. The van der Waals surface area contributed by atoms with E-state index in [-0.39, 0.29) is 0 Å². The molecule has 0 radical (unpaired) electrons. The molecule has 0 saturated carbocycles. The van der Waals surface area contributed by atoms with Gasteiger partial charge in [0.15, 0.2) is 0 Å². The first kappa shape index (κ1) is 12.6. The molecule has 0 aliphatic rings. The summed E-state index contributed by atoms with van der Waals surface area (Å²) in [5.41, 5.74) is 1.84. The van der Waals surface area contributed by atoms with E-state index in [1.165, 1.54) is 0 Å². The number of benzene rings is 1. The van der Waals surface area contributed by atoms with Crippen molar-refractivity contribution in [2.24, 2.45) is 7.05 Å². The number of aromatic nitrogens is 2. The van der Waals surface area contributed by atoms with Gasteiger partial charge < -0.3 is 9.88 Å². The van der Waals surface area contributed by atoms with E-state index in [9.17, 15) is 0 Å². The molecule has 1 aromatic heterocycles. The number of nitrogens with zero attached hydrogens (tertiary/aromatic N) is 2. The van der Waals surface area contributed by atoms with E-state index in [0.717, 1.165) is 21.6 Å². The van der Waals surface area contributed by atoms with Crippen molar-refractivity contribution in [3.05, 3.63) is 39.7 Å². The van der Waals surface area contributed by atoms with E-state index < -0.39 is 0 Å². The van der Waals surface area contributed by atoms with Gasteiger partial charge in [-0.3, -0.25) is 0 Å². The normalized spacial score (nSPS) is 10.8. The van der Waals surface area contributed by atoms with Crippen LogP contribution in [0.2, 0.25) is 5.15 Å². The van der Waals surface area contributed by atoms with Crippen molar-refractivity contribution < 1.29 is 0 Å². The van der Waals surface area contributed by atoms with Gasteiger partial charge in [0.25, 0.3) is 0 Å². The molecule has 2 aromatic rings. The average molecular weight is 315 g/mol. The zero-order valence-electron chi connectivity index (χ0n) is 9.67. The van der Waals surface area contributed by atoms with Gasteiger partial charge in [0.05, 0.1) is 6.54 Å². The maximum Gasteiger partial charge on any atom is 0.136 e. The van der Waals surface area contributed by atoms with Gasteiger partial charge in [0, 0.05) is 17.1 Å². The molecule has 90 valence electrons. The van der Waals surface area contributed by atoms with Gasteiger partial charge in [0.2, 0.25) is 0 Å².